The lowest BCUT2D eigenvalue weighted by atomic mass is 10.2. The fraction of sp³-hybridized carbons (Fsp3) is 0. The number of benzene rings is 1. The number of pyridine rings is 1. The number of halogens is 2. The zero-order valence-electron chi connectivity index (χ0n) is 9.02. The van der Waals surface area contributed by atoms with Gasteiger partial charge in [0.15, 0.2) is 0 Å². The molecule has 0 saturated heterocycles. The Balaban J connectivity index is 2.37. The number of nitrogens with zero attached hydrogens (tertiary/aromatic N) is 2. The second kappa shape index (κ2) is 5.02. The van der Waals surface area contributed by atoms with Crippen LogP contribution in [0.25, 0.3) is 0 Å². The van der Waals surface area contributed by atoms with Crippen LogP contribution in [0, 0.1) is 17.1 Å². The van der Waals surface area contributed by atoms with Crippen LogP contribution in [0.2, 0.25) is 0 Å². The van der Waals surface area contributed by atoms with E-state index >= 15 is 0 Å². The Hall–Kier alpha value is -2.13. The normalized spacial score (nSPS) is 9.83. The predicted octanol–water partition coefficient (Wildman–Crippen LogP) is 3.23. The minimum Gasteiger partial charge on any atom is -0.437 e. The van der Waals surface area contributed by atoms with Crippen LogP contribution >= 0.6 is 15.9 Å². The van der Waals surface area contributed by atoms with Crippen molar-refractivity contribution in [1.29, 1.82) is 5.26 Å². The van der Waals surface area contributed by atoms with Gasteiger partial charge in [-0.2, -0.15) is 5.26 Å². The fourth-order valence-electron chi connectivity index (χ4n) is 1.33. The maximum Gasteiger partial charge on any atom is 0.244 e. The van der Waals surface area contributed by atoms with Gasteiger partial charge in [-0.1, -0.05) is 15.9 Å². The van der Waals surface area contributed by atoms with Crippen molar-refractivity contribution in [2.45, 2.75) is 0 Å². The molecule has 0 fully saturated rings. The van der Waals surface area contributed by atoms with Crippen molar-refractivity contribution in [3.63, 3.8) is 0 Å². The maximum absolute atomic E-state index is 13.2. The Morgan fingerprint density at radius 2 is 2.17 bits per heavy atom. The van der Waals surface area contributed by atoms with Gasteiger partial charge < -0.3 is 10.5 Å². The van der Waals surface area contributed by atoms with E-state index in [9.17, 15) is 4.39 Å². The van der Waals surface area contributed by atoms with Crippen LogP contribution in [-0.2, 0) is 0 Å². The molecule has 4 nitrogen and oxygen atoms in total. The van der Waals surface area contributed by atoms with E-state index in [2.05, 4.69) is 20.9 Å². The molecule has 0 unspecified atom stereocenters. The summed E-state index contributed by atoms with van der Waals surface area (Å²) in [6.07, 6.45) is 1.40. The van der Waals surface area contributed by atoms with E-state index in [1.165, 1.54) is 24.4 Å². The predicted molar refractivity (Wildman–Crippen MR) is 67.5 cm³/mol. The number of nitrogens with two attached hydrogens (primary N) is 1. The highest BCUT2D eigenvalue weighted by Gasteiger charge is 2.09. The molecule has 0 saturated carbocycles. The third-order valence-electron chi connectivity index (χ3n) is 2.12. The highest BCUT2D eigenvalue weighted by Crippen LogP contribution is 2.29. The molecule has 1 aromatic carbocycles. The molecule has 0 aliphatic heterocycles. The van der Waals surface area contributed by atoms with Crippen LogP contribution in [0.1, 0.15) is 5.56 Å². The Morgan fingerprint density at radius 1 is 1.39 bits per heavy atom. The number of hydrogen-bond donors (Lipinski definition) is 1. The largest absolute Gasteiger partial charge is 0.437 e. The van der Waals surface area contributed by atoms with Crippen LogP contribution < -0.4 is 10.5 Å². The zero-order chi connectivity index (χ0) is 13.1. The third-order valence-corrected chi connectivity index (χ3v) is 2.58. The van der Waals surface area contributed by atoms with Crippen LogP contribution in [-0.4, -0.2) is 4.98 Å². The molecule has 0 radical (unpaired) electrons. The number of aromatic nitrogens is 1. The van der Waals surface area contributed by atoms with Crippen molar-refractivity contribution in [1.82, 2.24) is 4.98 Å². The summed E-state index contributed by atoms with van der Waals surface area (Å²) < 4.78 is 19.1. The van der Waals surface area contributed by atoms with Gasteiger partial charge in [0.25, 0.3) is 0 Å². The molecule has 1 aromatic heterocycles. The van der Waals surface area contributed by atoms with Crippen LogP contribution in [0.5, 0.6) is 11.6 Å². The second-order valence-corrected chi connectivity index (χ2v) is 4.31. The highest BCUT2D eigenvalue weighted by atomic mass is 79.9. The van der Waals surface area contributed by atoms with E-state index in [1.807, 2.05) is 6.07 Å². The molecule has 90 valence electrons. The molecule has 0 aliphatic rings. The topological polar surface area (TPSA) is 71.9 Å². The smallest absolute Gasteiger partial charge is 0.244 e. The summed E-state index contributed by atoms with van der Waals surface area (Å²) in [7, 11) is 0. The van der Waals surface area contributed by atoms with Gasteiger partial charge in [-0.15, -0.1) is 0 Å². The molecule has 0 spiro atoms. The monoisotopic (exact) mass is 307 g/mol. The van der Waals surface area contributed by atoms with Crippen molar-refractivity contribution < 1.29 is 9.13 Å². The summed E-state index contributed by atoms with van der Waals surface area (Å²) in [5.41, 5.74) is 6.09. The summed E-state index contributed by atoms with van der Waals surface area (Å²) in [5, 5.41) is 8.82. The first-order valence-corrected chi connectivity index (χ1v) is 5.68. The Bertz CT molecular complexity index is 619. The first kappa shape index (κ1) is 12.3. The molecule has 6 heteroatoms. The number of ether oxygens (including phenoxy) is 1. The van der Waals surface area contributed by atoms with Gasteiger partial charge in [0, 0.05) is 16.7 Å². The number of hydrogen-bond acceptors (Lipinski definition) is 4. The Labute approximate surface area is 111 Å². The van der Waals surface area contributed by atoms with E-state index in [-0.39, 0.29) is 22.9 Å². The first-order valence-electron chi connectivity index (χ1n) is 4.88. The molecule has 2 aromatic rings. The molecular formula is C12H7BrFN3O. The Morgan fingerprint density at radius 3 is 2.83 bits per heavy atom. The van der Waals surface area contributed by atoms with Crippen LogP contribution in [0.15, 0.2) is 34.9 Å². The molecule has 2 N–H and O–H groups in total. The van der Waals surface area contributed by atoms with E-state index in [0.29, 0.717) is 4.47 Å². The van der Waals surface area contributed by atoms with Crippen molar-refractivity contribution in [2.24, 2.45) is 0 Å². The SMILES string of the molecule is N#Cc1ccnc(Oc2cc(F)cc(Br)c2)c1N. The zero-order valence-corrected chi connectivity index (χ0v) is 10.6. The van der Waals surface area contributed by atoms with Gasteiger partial charge >= 0.3 is 0 Å². The lowest BCUT2D eigenvalue weighted by molar-refractivity contribution is 0.460. The van der Waals surface area contributed by atoms with Gasteiger partial charge in [0.05, 0.1) is 5.56 Å². The van der Waals surface area contributed by atoms with E-state index < -0.39 is 5.82 Å². The van der Waals surface area contributed by atoms with E-state index in [1.54, 1.807) is 6.07 Å². The first-order chi connectivity index (χ1) is 8.60. The summed E-state index contributed by atoms with van der Waals surface area (Å²) in [6.45, 7) is 0. The van der Waals surface area contributed by atoms with Gasteiger partial charge in [-0.3, -0.25) is 0 Å². The molecule has 18 heavy (non-hydrogen) atoms. The average Bonchev–Trinajstić information content (AvgIpc) is 2.30. The summed E-state index contributed by atoms with van der Waals surface area (Å²) in [4.78, 5) is 3.91. The molecular weight excluding hydrogens is 301 g/mol. The maximum atomic E-state index is 13.2. The molecule has 0 amide bonds. The lowest BCUT2D eigenvalue weighted by Crippen LogP contribution is -1.98. The third kappa shape index (κ3) is 2.57. The minimum absolute atomic E-state index is 0.0755. The van der Waals surface area contributed by atoms with Gasteiger partial charge in [-0.05, 0) is 18.2 Å². The van der Waals surface area contributed by atoms with Gasteiger partial charge in [0.1, 0.15) is 23.3 Å². The second-order valence-electron chi connectivity index (χ2n) is 3.40. The number of anilines is 1. The number of nitriles is 1. The molecule has 0 bridgehead atoms. The fourth-order valence-corrected chi connectivity index (χ4v) is 1.78. The molecule has 2 rings (SSSR count). The van der Waals surface area contributed by atoms with E-state index in [0.717, 1.165) is 0 Å². The molecule has 0 aliphatic carbocycles. The number of rotatable bonds is 2. The summed E-state index contributed by atoms with van der Waals surface area (Å²) >= 11 is 3.15. The van der Waals surface area contributed by atoms with Crippen molar-refractivity contribution in [3.8, 4) is 17.7 Å². The lowest BCUT2D eigenvalue weighted by Gasteiger charge is -2.08. The average molecular weight is 308 g/mol. The van der Waals surface area contributed by atoms with Crippen molar-refractivity contribution in [3.05, 3.63) is 46.3 Å². The molecule has 1 heterocycles. The highest BCUT2D eigenvalue weighted by molar-refractivity contribution is 9.10. The Kier molecular flexibility index (Phi) is 3.44. The van der Waals surface area contributed by atoms with Gasteiger partial charge in [0.2, 0.25) is 5.88 Å². The molecule has 0 atom stereocenters. The summed E-state index contributed by atoms with van der Waals surface area (Å²) in [6, 6.07) is 7.46. The van der Waals surface area contributed by atoms with Crippen LogP contribution in [0.3, 0.4) is 0 Å². The number of nitrogen functional groups attached to an aromatic ring is 1. The quantitative estimate of drug-likeness (QED) is 0.924. The van der Waals surface area contributed by atoms with Crippen molar-refractivity contribution >= 4 is 21.6 Å². The van der Waals surface area contributed by atoms with Crippen molar-refractivity contribution in [2.75, 3.05) is 5.73 Å². The summed E-state index contributed by atoms with van der Waals surface area (Å²) in [5.74, 6) is -0.128. The van der Waals surface area contributed by atoms with Crippen LogP contribution in [0.4, 0.5) is 10.1 Å². The van der Waals surface area contributed by atoms with E-state index in [4.69, 9.17) is 15.7 Å². The minimum atomic E-state index is -0.450. The standard InChI is InChI=1S/C12H7BrFN3O/c13-8-3-9(14)5-10(4-8)18-12-11(16)7(6-15)1-2-17-12/h1-5H,16H2. The van der Waals surface area contributed by atoms with Gasteiger partial charge in [-0.25, -0.2) is 9.37 Å².